The van der Waals surface area contributed by atoms with Crippen LogP contribution in [0.25, 0.3) is 0 Å². The predicted molar refractivity (Wildman–Crippen MR) is 89.2 cm³/mol. The van der Waals surface area contributed by atoms with Crippen LogP contribution in [-0.4, -0.2) is 18.5 Å². The van der Waals surface area contributed by atoms with Gasteiger partial charge in [0.05, 0.1) is 24.0 Å². The van der Waals surface area contributed by atoms with Crippen molar-refractivity contribution in [2.75, 3.05) is 12.5 Å². The highest BCUT2D eigenvalue weighted by atomic mass is 79.9. The number of allylic oxidation sites excluding steroid dienone is 2. The van der Waals surface area contributed by atoms with Gasteiger partial charge in [-0.05, 0) is 18.6 Å². The molecule has 0 aliphatic carbocycles. The van der Waals surface area contributed by atoms with Crippen LogP contribution < -0.4 is 5.73 Å². The Morgan fingerprint density at radius 3 is 2.78 bits per heavy atom. The van der Waals surface area contributed by atoms with Crippen molar-refractivity contribution in [2.24, 2.45) is 5.73 Å². The summed E-state index contributed by atoms with van der Waals surface area (Å²) in [5.41, 5.74) is 6.89. The molecule has 1 atom stereocenters. The zero-order valence-corrected chi connectivity index (χ0v) is 14.6. The minimum absolute atomic E-state index is 0.0584. The Bertz CT molecular complexity index is 737. The fourth-order valence-electron chi connectivity index (χ4n) is 2.37. The van der Waals surface area contributed by atoms with Gasteiger partial charge in [0.1, 0.15) is 17.4 Å². The third kappa shape index (κ3) is 3.36. The van der Waals surface area contributed by atoms with E-state index in [1.165, 1.54) is 0 Å². The molecule has 1 heterocycles. The summed E-state index contributed by atoms with van der Waals surface area (Å²) >= 11 is 9.35. The number of esters is 1. The van der Waals surface area contributed by atoms with Gasteiger partial charge in [-0.2, -0.15) is 5.26 Å². The Labute approximate surface area is 147 Å². The Morgan fingerprint density at radius 1 is 1.52 bits per heavy atom. The second-order valence-electron chi connectivity index (χ2n) is 4.64. The molecule has 0 bridgehead atoms. The number of nitrogens with two attached hydrogens (primary N) is 1. The molecule has 0 fully saturated rings. The summed E-state index contributed by atoms with van der Waals surface area (Å²) in [5, 5.41) is 9.48. The summed E-state index contributed by atoms with van der Waals surface area (Å²) in [7, 11) is 0. The minimum Gasteiger partial charge on any atom is -0.463 e. The molecule has 0 amide bonds. The molecule has 1 aromatic carbocycles. The second-order valence-corrected chi connectivity index (χ2v) is 5.76. The summed E-state index contributed by atoms with van der Waals surface area (Å²) in [6.07, 6.45) is 0. The minimum atomic E-state index is -0.697. The van der Waals surface area contributed by atoms with Crippen molar-refractivity contribution in [3.05, 3.63) is 57.1 Å². The Morgan fingerprint density at radius 2 is 2.22 bits per heavy atom. The summed E-state index contributed by atoms with van der Waals surface area (Å²) in [4.78, 5) is 12.4. The first-order valence-electron chi connectivity index (χ1n) is 6.83. The van der Waals surface area contributed by atoms with Gasteiger partial charge in [0.25, 0.3) is 0 Å². The number of halogens is 2. The van der Waals surface area contributed by atoms with Gasteiger partial charge >= 0.3 is 5.97 Å². The molecule has 0 radical (unpaired) electrons. The Balaban J connectivity index is 2.69. The lowest BCUT2D eigenvalue weighted by Crippen LogP contribution is -2.27. The third-order valence-corrected chi connectivity index (χ3v) is 4.29. The number of carbonyl (C=O) groups excluding carboxylic acids is 1. The molecule has 7 heteroatoms. The van der Waals surface area contributed by atoms with Crippen molar-refractivity contribution in [3.63, 3.8) is 0 Å². The van der Waals surface area contributed by atoms with Crippen LogP contribution in [0.4, 0.5) is 0 Å². The van der Waals surface area contributed by atoms with E-state index >= 15 is 0 Å². The summed E-state index contributed by atoms with van der Waals surface area (Å²) < 4.78 is 11.2. The van der Waals surface area contributed by atoms with Crippen LogP contribution in [-0.2, 0) is 14.3 Å². The van der Waals surface area contributed by atoms with Crippen LogP contribution in [0.3, 0.4) is 0 Å². The standard InChI is InChI=1S/C16H14BrClN2O3/c1-2-22-16(21)14-12(7-18)23-15(20)10(8-19)13(14)9-5-3-4-6-11(9)17/h3-6,13H,2,7,20H2,1H3/t13-/m1/s1. The average molecular weight is 398 g/mol. The highest BCUT2D eigenvalue weighted by molar-refractivity contribution is 9.10. The van der Waals surface area contributed by atoms with Crippen LogP contribution in [0.2, 0.25) is 0 Å². The van der Waals surface area contributed by atoms with Gasteiger partial charge in [-0.25, -0.2) is 4.79 Å². The Kier molecular flexibility index (Phi) is 5.69. The van der Waals surface area contributed by atoms with E-state index in [9.17, 15) is 10.1 Å². The number of rotatable bonds is 4. The van der Waals surface area contributed by atoms with Gasteiger partial charge in [-0.3, -0.25) is 0 Å². The first kappa shape index (κ1) is 17.4. The molecule has 5 nitrogen and oxygen atoms in total. The average Bonchev–Trinajstić information content (AvgIpc) is 2.54. The molecule has 23 heavy (non-hydrogen) atoms. The topological polar surface area (TPSA) is 85.3 Å². The maximum Gasteiger partial charge on any atom is 0.338 e. The largest absolute Gasteiger partial charge is 0.463 e. The summed E-state index contributed by atoms with van der Waals surface area (Å²) in [6.45, 7) is 1.90. The van der Waals surface area contributed by atoms with Crippen molar-refractivity contribution in [1.82, 2.24) is 0 Å². The van der Waals surface area contributed by atoms with Gasteiger partial charge in [0.15, 0.2) is 0 Å². The lowest BCUT2D eigenvalue weighted by atomic mass is 9.83. The number of nitrogens with zero attached hydrogens (tertiary/aromatic N) is 1. The second kappa shape index (κ2) is 7.53. The molecule has 0 saturated carbocycles. The van der Waals surface area contributed by atoms with Crippen molar-refractivity contribution in [1.29, 1.82) is 5.26 Å². The number of alkyl halides is 1. The van der Waals surface area contributed by atoms with E-state index in [1.807, 2.05) is 24.3 Å². The van der Waals surface area contributed by atoms with Crippen LogP contribution in [0.1, 0.15) is 18.4 Å². The molecule has 1 aromatic rings. The highest BCUT2D eigenvalue weighted by Gasteiger charge is 2.38. The van der Waals surface area contributed by atoms with E-state index in [-0.39, 0.29) is 35.3 Å². The number of hydrogen-bond donors (Lipinski definition) is 1. The fraction of sp³-hybridized carbons (Fsp3) is 0.250. The molecule has 0 spiro atoms. The maximum absolute atomic E-state index is 12.4. The smallest absolute Gasteiger partial charge is 0.338 e. The number of hydrogen-bond acceptors (Lipinski definition) is 5. The fourth-order valence-corrected chi connectivity index (χ4v) is 3.08. The SMILES string of the molecule is CCOC(=O)C1=C(CCl)OC(N)=C(C#N)[C@H]1c1ccccc1Br. The van der Waals surface area contributed by atoms with Gasteiger partial charge in [0, 0.05) is 4.47 Å². The molecule has 120 valence electrons. The first-order chi connectivity index (χ1) is 11.0. The van der Waals surface area contributed by atoms with Gasteiger partial charge < -0.3 is 15.2 Å². The van der Waals surface area contributed by atoms with Crippen molar-refractivity contribution < 1.29 is 14.3 Å². The molecular formula is C16H14BrClN2O3. The van der Waals surface area contributed by atoms with E-state index in [4.69, 9.17) is 26.8 Å². The van der Waals surface area contributed by atoms with E-state index in [0.29, 0.717) is 5.56 Å². The molecule has 2 rings (SSSR count). The highest BCUT2D eigenvalue weighted by Crippen LogP contribution is 2.42. The quantitative estimate of drug-likeness (QED) is 0.622. The van der Waals surface area contributed by atoms with Crippen molar-refractivity contribution in [2.45, 2.75) is 12.8 Å². The first-order valence-corrected chi connectivity index (χ1v) is 8.16. The molecule has 2 N–H and O–H groups in total. The molecule has 1 aliphatic heterocycles. The third-order valence-electron chi connectivity index (χ3n) is 3.33. The van der Waals surface area contributed by atoms with E-state index < -0.39 is 11.9 Å². The lowest BCUT2D eigenvalue weighted by molar-refractivity contribution is -0.139. The lowest BCUT2D eigenvalue weighted by Gasteiger charge is -2.28. The number of ether oxygens (including phenoxy) is 2. The number of carbonyl (C=O) groups is 1. The molecular weight excluding hydrogens is 384 g/mol. The Hall–Kier alpha value is -1.97. The van der Waals surface area contributed by atoms with Crippen molar-refractivity contribution >= 4 is 33.5 Å². The molecule has 0 aromatic heterocycles. The van der Waals surface area contributed by atoms with E-state index in [2.05, 4.69) is 15.9 Å². The number of nitriles is 1. The zero-order valence-electron chi connectivity index (χ0n) is 12.3. The van der Waals surface area contributed by atoms with Crippen LogP contribution in [0, 0.1) is 11.3 Å². The monoisotopic (exact) mass is 396 g/mol. The molecule has 1 aliphatic rings. The van der Waals surface area contributed by atoms with Crippen LogP contribution in [0.5, 0.6) is 0 Å². The van der Waals surface area contributed by atoms with Gasteiger partial charge in [-0.15, -0.1) is 11.6 Å². The predicted octanol–water partition coefficient (Wildman–Crippen LogP) is 3.31. The van der Waals surface area contributed by atoms with E-state index in [0.717, 1.165) is 4.47 Å². The van der Waals surface area contributed by atoms with Gasteiger partial charge in [0.2, 0.25) is 5.88 Å². The van der Waals surface area contributed by atoms with Crippen LogP contribution in [0.15, 0.2) is 51.5 Å². The van der Waals surface area contributed by atoms with Crippen molar-refractivity contribution in [3.8, 4) is 6.07 Å². The molecule has 0 unspecified atom stereocenters. The zero-order chi connectivity index (χ0) is 17.0. The van der Waals surface area contributed by atoms with Gasteiger partial charge in [-0.1, -0.05) is 34.1 Å². The summed E-state index contributed by atoms with van der Waals surface area (Å²) in [5.74, 6) is -1.20. The van der Waals surface area contributed by atoms with Crippen LogP contribution >= 0.6 is 27.5 Å². The number of benzene rings is 1. The molecule has 0 saturated heterocycles. The normalized spacial score (nSPS) is 17.6. The maximum atomic E-state index is 12.4. The van der Waals surface area contributed by atoms with E-state index in [1.54, 1.807) is 13.0 Å². The summed E-state index contributed by atoms with van der Waals surface area (Å²) in [6, 6.07) is 9.29.